The fraction of sp³-hybridized carbons (Fsp3) is 0.850. The maximum Gasteiger partial charge on any atom is 0.162 e. The Morgan fingerprint density at radius 1 is 0.619 bits per heavy atom. The lowest BCUT2D eigenvalue weighted by Crippen LogP contribution is -2.19. The molecule has 1 heteroatoms. The smallest absolute Gasteiger partial charge is 0.162 e. The van der Waals surface area contributed by atoms with E-state index >= 15 is 0 Å². The first kappa shape index (κ1) is 14.0. The number of carbonyl (C=O) groups excluding carboxylic acids is 1. The Kier molecular flexibility index (Phi) is 3.94. The number of carbonyl (C=O) groups is 1. The molecule has 4 aliphatic carbocycles. The Labute approximate surface area is 129 Å². The third-order valence-corrected chi connectivity index (χ3v) is 7.07. The second-order valence-electron chi connectivity index (χ2n) is 8.10. The number of hydrogen-bond donors (Lipinski definition) is 0. The fourth-order valence-corrected chi connectivity index (χ4v) is 6.03. The molecule has 0 spiro atoms. The van der Waals surface area contributed by atoms with Crippen LogP contribution in [0.1, 0.15) is 83.5 Å². The number of hydrogen-bond acceptors (Lipinski definition) is 1. The average molecular weight is 286 g/mol. The van der Waals surface area contributed by atoms with Crippen LogP contribution >= 0.6 is 0 Å². The van der Waals surface area contributed by atoms with Gasteiger partial charge in [-0.25, -0.2) is 0 Å². The van der Waals surface area contributed by atoms with E-state index in [2.05, 4.69) is 0 Å². The Morgan fingerprint density at radius 2 is 1.24 bits per heavy atom. The molecule has 0 heterocycles. The van der Waals surface area contributed by atoms with Gasteiger partial charge in [-0.15, -0.1) is 0 Å². The van der Waals surface area contributed by atoms with Crippen LogP contribution in [0.5, 0.6) is 0 Å². The van der Waals surface area contributed by atoms with E-state index < -0.39 is 0 Å². The normalized spacial score (nSPS) is 39.0. The number of allylic oxidation sites excluding steroid dienone is 2. The monoisotopic (exact) mass is 286 g/mol. The summed E-state index contributed by atoms with van der Waals surface area (Å²) in [6.07, 6.45) is 17.4. The van der Waals surface area contributed by atoms with Crippen molar-refractivity contribution in [3.8, 4) is 0 Å². The van der Waals surface area contributed by atoms with Crippen LogP contribution in [0.3, 0.4) is 0 Å². The zero-order valence-corrected chi connectivity index (χ0v) is 13.4. The van der Waals surface area contributed by atoms with E-state index in [1.54, 1.807) is 5.57 Å². The lowest BCUT2D eigenvalue weighted by Gasteiger charge is -2.22. The molecule has 2 unspecified atom stereocenters. The summed E-state index contributed by atoms with van der Waals surface area (Å²) in [5.74, 6) is 3.48. The van der Waals surface area contributed by atoms with Gasteiger partial charge in [-0.05, 0) is 81.1 Å². The van der Waals surface area contributed by atoms with Gasteiger partial charge < -0.3 is 0 Å². The van der Waals surface area contributed by atoms with Crippen LogP contribution in [0.15, 0.2) is 11.1 Å². The Hall–Kier alpha value is -0.590. The van der Waals surface area contributed by atoms with E-state index in [0.717, 1.165) is 24.2 Å². The van der Waals surface area contributed by atoms with Gasteiger partial charge in [-0.2, -0.15) is 0 Å². The first-order valence-corrected chi connectivity index (χ1v) is 9.60. The molecule has 0 bridgehead atoms. The molecular formula is C20H30O. The first-order valence-electron chi connectivity index (χ1n) is 9.60. The van der Waals surface area contributed by atoms with Gasteiger partial charge in [-0.3, -0.25) is 4.79 Å². The quantitative estimate of drug-likeness (QED) is 0.617. The molecule has 0 aliphatic heterocycles. The highest BCUT2D eigenvalue weighted by Crippen LogP contribution is 2.48. The van der Waals surface area contributed by atoms with Gasteiger partial charge in [0.1, 0.15) is 0 Å². The van der Waals surface area contributed by atoms with Crippen LogP contribution in [0, 0.1) is 23.7 Å². The molecule has 0 saturated heterocycles. The molecule has 2 atom stereocenters. The van der Waals surface area contributed by atoms with Gasteiger partial charge >= 0.3 is 0 Å². The molecule has 116 valence electrons. The molecule has 4 saturated carbocycles. The van der Waals surface area contributed by atoms with E-state index in [4.69, 9.17) is 0 Å². The molecule has 0 N–H and O–H groups in total. The van der Waals surface area contributed by atoms with Crippen molar-refractivity contribution in [1.82, 2.24) is 0 Å². The van der Waals surface area contributed by atoms with Crippen molar-refractivity contribution in [1.29, 1.82) is 0 Å². The fourth-order valence-electron chi connectivity index (χ4n) is 6.03. The topological polar surface area (TPSA) is 17.1 Å². The summed E-state index contributed by atoms with van der Waals surface area (Å²) in [4.78, 5) is 13.0. The maximum absolute atomic E-state index is 13.0. The molecule has 0 radical (unpaired) electrons. The van der Waals surface area contributed by atoms with Gasteiger partial charge in [0, 0.05) is 5.92 Å². The Morgan fingerprint density at radius 3 is 1.90 bits per heavy atom. The van der Waals surface area contributed by atoms with Crippen LogP contribution in [0.4, 0.5) is 0 Å². The summed E-state index contributed by atoms with van der Waals surface area (Å²) in [6.45, 7) is 0. The molecule has 4 aliphatic rings. The van der Waals surface area contributed by atoms with Gasteiger partial charge in [0.25, 0.3) is 0 Å². The minimum absolute atomic E-state index is 0.417. The van der Waals surface area contributed by atoms with Crippen molar-refractivity contribution in [3.63, 3.8) is 0 Å². The van der Waals surface area contributed by atoms with Crippen LogP contribution in [-0.2, 0) is 4.79 Å². The Balaban J connectivity index is 1.55. The summed E-state index contributed by atoms with van der Waals surface area (Å²) < 4.78 is 0. The molecule has 0 aromatic rings. The molecule has 21 heavy (non-hydrogen) atoms. The van der Waals surface area contributed by atoms with E-state index in [9.17, 15) is 4.79 Å². The van der Waals surface area contributed by atoms with E-state index in [-0.39, 0.29) is 0 Å². The lowest BCUT2D eigenvalue weighted by atomic mass is 9.83. The molecule has 0 amide bonds. The van der Waals surface area contributed by atoms with Gasteiger partial charge in [0.15, 0.2) is 5.78 Å². The van der Waals surface area contributed by atoms with Crippen molar-refractivity contribution in [2.24, 2.45) is 23.7 Å². The summed E-state index contributed by atoms with van der Waals surface area (Å²) in [6, 6.07) is 0. The first-order chi connectivity index (χ1) is 10.3. The summed E-state index contributed by atoms with van der Waals surface area (Å²) in [5.41, 5.74) is 2.98. The van der Waals surface area contributed by atoms with Crippen molar-refractivity contribution < 1.29 is 4.79 Å². The van der Waals surface area contributed by atoms with Crippen molar-refractivity contribution in [3.05, 3.63) is 11.1 Å². The molecular weight excluding hydrogens is 256 g/mol. The average Bonchev–Trinajstić information content (AvgIpc) is 3.26. The van der Waals surface area contributed by atoms with Crippen LogP contribution in [0.2, 0.25) is 0 Å². The maximum atomic E-state index is 13.0. The molecule has 1 nitrogen and oxygen atoms in total. The zero-order chi connectivity index (χ0) is 14.2. The third-order valence-electron chi connectivity index (χ3n) is 7.07. The van der Waals surface area contributed by atoms with E-state index in [1.165, 1.54) is 82.6 Å². The number of Topliss-reactive ketones (excluding diaryl/α,β-unsaturated/α-hetero) is 1. The van der Waals surface area contributed by atoms with E-state index in [0.29, 0.717) is 11.7 Å². The van der Waals surface area contributed by atoms with Crippen molar-refractivity contribution in [2.45, 2.75) is 83.5 Å². The van der Waals surface area contributed by atoms with Crippen LogP contribution in [-0.4, -0.2) is 5.78 Å². The SMILES string of the molecule is O=C1C(=C2CCCC2C2CCCC2)CCC1C1CCCC1. The largest absolute Gasteiger partial charge is 0.294 e. The summed E-state index contributed by atoms with van der Waals surface area (Å²) in [7, 11) is 0. The number of ketones is 1. The third kappa shape index (κ3) is 2.51. The Bertz CT molecular complexity index is 435. The van der Waals surface area contributed by atoms with Crippen LogP contribution in [0.25, 0.3) is 0 Å². The van der Waals surface area contributed by atoms with Gasteiger partial charge in [0.05, 0.1) is 0 Å². The number of rotatable bonds is 2. The van der Waals surface area contributed by atoms with Gasteiger partial charge in [0.2, 0.25) is 0 Å². The molecule has 0 aromatic carbocycles. The standard InChI is InChI=1S/C20H30O/c21-20-17(15-8-3-4-9-15)12-13-19(20)18-11-5-10-16(18)14-6-1-2-7-14/h14-17H,1-13H2. The second-order valence-corrected chi connectivity index (χ2v) is 8.10. The second kappa shape index (κ2) is 5.89. The molecule has 4 rings (SSSR count). The molecule has 4 fully saturated rings. The highest BCUT2D eigenvalue weighted by molar-refractivity contribution is 6.00. The minimum Gasteiger partial charge on any atom is -0.294 e. The van der Waals surface area contributed by atoms with Crippen molar-refractivity contribution >= 4 is 5.78 Å². The molecule has 0 aromatic heterocycles. The summed E-state index contributed by atoms with van der Waals surface area (Å²) in [5, 5.41) is 0. The predicted octanol–water partition coefficient (Wildman–Crippen LogP) is 5.44. The van der Waals surface area contributed by atoms with Crippen LogP contribution < -0.4 is 0 Å². The zero-order valence-electron chi connectivity index (χ0n) is 13.4. The predicted molar refractivity (Wildman–Crippen MR) is 86.0 cm³/mol. The highest BCUT2D eigenvalue weighted by Gasteiger charge is 2.40. The van der Waals surface area contributed by atoms with E-state index in [1.807, 2.05) is 0 Å². The highest BCUT2D eigenvalue weighted by atomic mass is 16.1. The minimum atomic E-state index is 0.417. The lowest BCUT2D eigenvalue weighted by molar-refractivity contribution is -0.119. The van der Waals surface area contributed by atoms with Crippen molar-refractivity contribution in [2.75, 3.05) is 0 Å². The van der Waals surface area contributed by atoms with Gasteiger partial charge in [-0.1, -0.05) is 31.3 Å². The summed E-state index contributed by atoms with van der Waals surface area (Å²) >= 11 is 0.